The van der Waals surface area contributed by atoms with Gasteiger partial charge < -0.3 is 15.3 Å². The minimum absolute atomic E-state index is 0. The number of hydrogen-bond donors (Lipinski definition) is 2. The third-order valence-electron chi connectivity index (χ3n) is 5.79. The first-order valence-corrected chi connectivity index (χ1v) is 8.92. The van der Waals surface area contributed by atoms with Gasteiger partial charge in [0.25, 0.3) is 5.91 Å². The van der Waals surface area contributed by atoms with Crippen LogP contribution in [-0.2, 0) is 10.4 Å². The Hall–Kier alpha value is -1.88. The van der Waals surface area contributed by atoms with Crippen molar-refractivity contribution >= 4 is 18.3 Å². The number of amides is 1. The molecular formula is C21H25ClN2O2. The summed E-state index contributed by atoms with van der Waals surface area (Å²) in [5, 5.41) is 14.9. The molecule has 1 aliphatic heterocycles. The van der Waals surface area contributed by atoms with Crippen LogP contribution >= 0.6 is 12.4 Å². The summed E-state index contributed by atoms with van der Waals surface area (Å²) >= 11 is 0. The molecule has 0 bridgehead atoms. The lowest BCUT2D eigenvalue weighted by molar-refractivity contribution is -0.147. The van der Waals surface area contributed by atoms with Crippen LogP contribution in [0.1, 0.15) is 11.1 Å². The van der Waals surface area contributed by atoms with Crippen LogP contribution in [0.2, 0.25) is 0 Å². The van der Waals surface area contributed by atoms with Gasteiger partial charge >= 0.3 is 0 Å². The number of hydrogen-bond acceptors (Lipinski definition) is 3. The molecule has 138 valence electrons. The van der Waals surface area contributed by atoms with E-state index in [2.05, 4.69) is 5.32 Å². The number of halogens is 1. The summed E-state index contributed by atoms with van der Waals surface area (Å²) in [6.45, 7) is 2.82. The summed E-state index contributed by atoms with van der Waals surface area (Å²) in [5.74, 6) is 1.68. The van der Waals surface area contributed by atoms with Gasteiger partial charge in [-0.3, -0.25) is 4.79 Å². The van der Waals surface area contributed by atoms with Crippen LogP contribution in [0.5, 0.6) is 0 Å². The van der Waals surface area contributed by atoms with E-state index in [0.29, 0.717) is 35.4 Å². The van der Waals surface area contributed by atoms with Crippen molar-refractivity contribution in [2.24, 2.45) is 17.8 Å². The molecule has 1 amide bonds. The molecule has 2 N–H and O–H groups in total. The van der Waals surface area contributed by atoms with E-state index in [4.69, 9.17) is 0 Å². The highest BCUT2D eigenvalue weighted by Crippen LogP contribution is 2.49. The summed E-state index contributed by atoms with van der Waals surface area (Å²) in [6.07, 6.45) is 0. The van der Waals surface area contributed by atoms with E-state index < -0.39 is 5.60 Å². The van der Waals surface area contributed by atoms with Crippen molar-refractivity contribution in [1.82, 2.24) is 10.2 Å². The number of likely N-dealkylation sites (N-methyl/N-ethyl adjacent to an activating group) is 1. The zero-order valence-corrected chi connectivity index (χ0v) is 15.7. The van der Waals surface area contributed by atoms with Crippen molar-refractivity contribution in [3.63, 3.8) is 0 Å². The number of carbonyl (C=O) groups excluding carboxylic acids is 1. The number of carbonyl (C=O) groups is 1. The number of nitrogens with zero attached hydrogens (tertiary/aromatic N) is 1. The van der Waals surface area contributed by atoms with Gasteiger partial charge in [-0.1, -0.05) is 60.7 Å². The summed E-state index contributed by atoms with van der Waals surface area (Å²) in [6, 6.07) is 18.5. The van der Waals surface area contributed by atoms with Crippen molar-refractivity contribution in [2.75, 3.05) is 26.7 Å². The fourth-order valence-electron chi connectivity index (χ4n) is 4.27. The van der Waals surface area contributed by atoms with Crippen LogP contribution < -0.4 is 5.32 Å². The van der Waals surface area contributed by atoms with Gasteiger partial charge in [-0.2, -0.15) is 0 Å². The first-order chi connectivity index (χ1) is 12.1. The minimum atomic E-state index is -1.65. The highest BCUT2D eigenvalue weighted by molar-refractivity contribution is 5.90. The molecule has 1 aliphatic carbocycles. The fourth-order valence-corrected chi connectivity index (χ4v) is 4.27. The lowest BCUT2D eigenvalue weighted by Gasteiger charge is -2.32. The first kappa shape index (κ1) is 18.9. The predicted molar refractivity (Wildman–Crippen MR) is 104 cm³/mol. The average Bonchev–Trinajstić information content (AvgIpc) is 3.07. The quantitative estimate of drug-likeness (QED) is 0.846. The van der Waals surface area contributed by atoms with E-state index in [1.54, 1.807) is 11.9 Å². The summed E-state index contributed by atoms with van der Waals surface area (Å²) in [5.41, 5.74) is -0.439. The molecule has 2 fully saturated rings. The molecule has 1 saturated heterocycles. The number of fused-ring (bicyclic) bond motifs is 1. The summed E-state index contributed by atoms with van der Waals surface area (Å²) < 4.78 is 0. The SMILES string of the molecule is CN(CC1C2CNCC21)C(=O)C(O)(c1ccccc1)c1ccccc1.Cl. The Kier molecular flexibility index (Phi) is 5.37. The number of aliphatic hydroxyl groups is 1. The lowest BCUT2D eigenvalue weighted by atomic mass is 9.85. The zero-order chi connectivity index (χ0) is 17.4. The maximum absolute atomic E-state index is 13.3. The average molecular weight is 373 g/mol. The number of nitrogens with one attached hydrogen (secondary N) is 1. The van der Waals surface area contributed by atoms with Crippen molar-refractivity contribution in [3.8, 4) is 0 Å². The molecule has 2 atom stereocenters. The van der Waals surface area contributed by atoms with Crippen molar-refractivity contribution in [1.29, 1.82) is 0 Å². The smallest absolute Gasteiger partial charge is 0.263 e. The Morgan fingerprint density at radius 3 is 1.96 bits per heavy atom. The molecule has 2 aromatic carbocycles. The minimum Gasteiger partial charge on any atom is -0.372 e. The first-order valence-electron chi connectivity index (χ1n) is 8.92. The van der Waals surface area contributed by atoms with E-state index in [-0.39, 0.29) is 18.3 Å². The molecule has 2 aromatic rings. The second-order valence-electron chi connectivity index (χ2n) is 7.28. The third-order valence-corrected chi connectivity index (χ3v) is 5.79. The molecule has 4 rings (SSSR count). The van der Waals surface area contributed by atoms with E-state index in [1.807, 2.05) is 60.7 Å². The van der Waals surface area contributed by atoms with E-state index in [1.165, 1.54) is 0 Å². The van der Waals surface area contributed by atoms with E-state index >= 15 is 0 Å². The van der Waals surface area contributed by atoms with Crippen LogP contribution in [0, 0.1) is 17.8 Å². The highest BCUT2D eigenvalue weighted by atomic mass is 35.5. The van der Waals surface area contributed by atoms with Crippen LogP contribution in [-0.4, -0.2) is 42.6 Å². The number of rotatable bonds is 5. The molecule has 0 radical (unpaired) electrons. The Morgan fingerprint density at radius 2 is 1.50 bits per heavy atom. The van der Waals surface area contributed by atoms with Crippen molar-refractivity contribution in [3.05, 3.63) is 71.8 Å². The molecule has 2 unspecified atom stereocenters. The highest BCUT2D eigenvalue weighted by Gasteiger charge is 2.54. The van der Waals surface area contributed by atoms with Gasteiger partial charge in [-0.25, -0.2) is 0 Å². The second kappa shape index (κ2) is 7.39. The Bertz CT molecular complexity index is 704. The largest absolute Gasteiger partial charge is 0.372 e. The van der Waals surface area contributed by atoms with Crippen LogP contribution in [0.4, 0.5) is 0 Å². The third kappa shape index (κ3) is 3.13. The van der Waals surface area contributed by atoms with E-state index in [9.17, 15) is 9.90 Å². The maximum Gasteiger partial charge on any atom is 0.263 e. The molecule has 0 aromatic heterocycles. The normalized spacial score (nSPS) is 23.7. The zero-order valence-electron chi connectivity index (χ0n) is 14.8. The molecule has 0 spiro atoms. The molecule has 1 saturated carbocycles. The molecule has 2 aliphatic rings. The Morgan fingerprint density at radius 1 is 1.04 bits per heavy atom. The van der Waals surface area contributed by atoms with Gasteiger partial charge in [0.05, 0.1) is 0 Å². The molecule has 1 heterocycles. The maximum atomic E-state index is 13.3. The standard InChI is InChI=1S/C21H24N2O2.ClH/c1-23(14-19-17-12-22-13-18(17)19)20(24)21(25,15-8-4-2-5-9-15)16-10-6-3-7-11-16;/h2-11,17-19,22,25H,12-14H2,1H3;1H. The van der Waals surface area contributed by atoms with Crippen molar-refractivity contribution < 1.29 is 9.90 Å². The number of benzene rings is 2. The van der Waals surface area contributed by atoms with Crippen LogP contribution in [0.15, 0.2) is 60.7 Å². The summed E-state index contributed by atoms with van der Waals surface area (Å²) in [7, 11) is 1.81. The monoisotopic (exact) mass is 372 g/mol. The van der Waals surface area contributed by atoms with Crippen LogP contribution in [0.25, 0.3) is 0 Å². The lowest BCUT2D eigenvalue weighted by Crippen LogP contribution is -2.47. The van der Waals surface area contributed by atoms with Gasteiger partial charge in [0.2, 0.25) is 0 Å². The Balaban J connectivity index is 0.00000196. The van der Waals surface area contributed by atoms with Gasteiger partial charge in [0.15, 0.2) is 5.60 Å². The van der Waals surface area contributed by atoms with Crippen molar-refractivity contribution in [2.45, 2.75) is 5.60 Å². The van der Waals surface area contributed by atoms with Gasteiger partial charge in [0, 0.05) is 13.6 Å². The fraction of sp³-hybridized carbons (Fsp3) is 0.381. The molecule has 5 heteroatoms. The topological polar surface area (TPSA) is 52.6 Å². The Labute approximate surface area is 160 Å². The molecular weight excluding hydrogens is 348 g/mol. The van der Waals surface area contributed by atoms with Gasteiger partial charge in [-0.15, -0.1) is 12.4 Å². The van der Waals surface area contributed by atoms with Gasteiger partial charge in [0.1, 0.15) is 0 Å². The molecule has 26 heavy (non-hydrogen) atoms. The second-order valence-corrected chi connectivity index (χ2v) is 7.28. The van der Waals surface area contributed by atoms with E-state index in [0.717, 1.165) is 13.1 Å². The summed E-state index contributed by atoms with van der Waals surface area (Å²) in [4.78, 5) is 15.0. The van der Waals surface area contributed by atoms with Gasteiger partial charge in [-0.05, 0) is 42.0 Å². The van der Waals surface area contributed by atoms with Crippen LogP contribution in [0.3, 0.4) is 0 Å². The predicted octanol–water partition coefficient (Wildman–Crippen LogP) is 2.27. The number of piperidine rings is 1. The molecule has 4 nitrogen and oxygen atoms in total.